The number of benzene rings is 3. The Balaban J connectivity index is 1.60. The van der Waals surface area contributed by atoms with Crippen LogP contribution in [0.25, 0.3) is 0 Å². The maximum atomic E-state index is 12.9. The van der Waals surface area contributed by atoms with Crippen LogP contribution in [0.4, 0.5) is 10.1 Å². The SMILES string of the molecule is Fc1ccc(COc2cccc(CNc3cc(Cl)cc(Cl)c3)c2)cc1. The molecule has 0 fully saturated rings. The summed E-state index contributed by atoms with van der Waals surface area (Å²) in [5.41, 5.74) is 2.83. The number of hydrogen-bond donors (Lipinski definition) is 1. The van der Waals surface area contributed by atoms with E-state index in [1.165, 1.54) is 12.1 Å². The van der Waals surface area contributed by atoms with Gasteiger partial charge in [-0.3, -0.25) is 0 Å². The van der Waals surface area contributed by atoms with Crippen LogP contribution in [0.5, 0.6) is 5.75 Å². The van der Waals surface area contributed by atoms with Crippen LogP contribution in [0.1, 0.15) is 11.1 Å². The van der Waals surface area contributed by atoms with E-state index in [9.17, 15) is 4.39 Å². The zero-order valence-electron chi connectivity index (χ0n) is 13.3. The number of halogens is 3. The molecule has 0 atom stereocenters. The van der Waals surface area contributed by atoms with Gasteiger partial charge in [0.2, 0.25) is 0 Å². The Morgan fingerprint density at radius 2 is 1.56 bits per heavy atom. The van der Waals surface area contributed by atoms with Crippen LogP contribution in [0, 0.1) is 5.82 Å². The summed E-state index contributed by atoms with van der Waals surface area (Å²) in [6.07, 6.45) is 0. The quantitative estimate of drug-likeness (QED) is 0.543. The van der Waals surface area contributed by atoms with E-state index >= 15 is 0 Å². The zero-order chi connectivity index (χ0) is 17.6. The van der Waals surface area contributed by atoms with E-state index in [1.54, 1.807) is 18.2 Å². The number of nitrogens with one attached hydrogen (secondary N) is 1. The summed E-state index contributed by atoms with van der Waals surface area (Å²) in [4.78, 5) is 0. The van der Waals surface area contributed by atoms with Crippen LogP contribution >= 0.6 is 23.2 Å². The van der Waals surface area contributed by atoms with Crippen LogP contribution < -0.4 is 10.1 Å². The van der Waals surface area contributed by atoms with Gasteiger partial charge >= 0.3 is 0 Å². The first-order valence-corrected chi connectivity index (χ1v) is 8.50. The topological polar surface area (TPSA) is 21.3 Å². The third kappa shape index (κ3) is 5.38. The highest BCUT2D eigenvalue weighted by Gasteiger charge is 2.01. The molecule has 0 bridgehead atoms. The molecule has 3 aromatic rings. The Hall–Kier alpha value is -2.23. The summed E-state index contributed by atoms with van der Waals surface area (Å²) in [5.74, 6) is 0.505. The number of anilines is 1. The average Bonchev–Trinajstić information content (AvgIpc) is 2.59. The van der Waals surface area contributed by atoms with Gasteiger partial charge in [-0.1, -0.05) is 47.5 Å². The fraction of sp³-hybridized carbons (Fsp3) is 0.100. The van der Waals surface area contributed by atoms with Gasteiger partial charge in [0.15, 0.2) is 0 Å². The molecule has 0 heterocycles. The lowest BCUT2D eigenvalue weighted by Gasteiger charge is -2.10. The Kier molecular flexibility index (Phi) is 5.79. The fourth-order valence-electron chi connectivity index (χ4n) is 2.35. The zero-order valence-corrected chi connectivity index (χ0v) is 14.8. The molecule has 128 valence electrons. The lowest BCUT2D eigenvalue weighted by Crippen LogP contribution is -2.00. The molecule has 3 aromatic carbocycles. The van der Waals surface area contributed by atoms with Gasteiger partial charge in [0.1, 0.15) is 18.2 Å². The van der Waals surface area contributed by atoms with Crippen molar-refractivity contribution in [1.82, 2.24) is 0 Å². The summed E-state index contributed by atoms with van der Waals surface area (Å²) in [6, 6.07) is 19.4. The van der Waals surface area contributed by atoms with E-state index < -0.39 is 0 Å². The first-order valence-electron chi connectivity index (χ1n) is 7.75. The predicted octanol–water partition coefficient (Wildman–Crippen LogP) is 6.32. The molecular formula is C20H16Cl2FNO. The number of hydrogen-bond acceptors (Lipinski definition) is 2. The van der Waals surface area contributed by atoms with Crippen molar-refractivity contribution in [2.45, 2.75) is 13.2 Å². The van der Waals surface area contributed by atoms with Crippen LogP contribution in [0.15, 0.2) is 66.7 Å². The average molecular weight is 376 g/mol. The van der Waals surface area contributed by atoms with E-state index in [1.807, 2.05) is 36.4 Å². The van der Waals surface area contributed by atoms with Crippen molar-refractivity contribution in [2.24, 2.45) is 0 Å². The number of ether oxygens (including phenoxy) is 1. The van der Waals surface area contributed by atoms with Gasteiger partial charge in [0.25, 0.3) is 0 Å². The summed E-state index contributed by atoms with van der Waals surface area (Å²) in [5, 5.41) is 4.46. The molecule has 0 saturated heterocycles. The molecule has 0 saturated carbocycles. The van der Waals surface area contributed by atoms with Gasteiger partial charge in [-0.2, -0.15) is 0 Å². The molecule has 3 rings (SSSR count). The maximum absolute atomic E-state index is 12.9. The molecule has 0 aromatic heterocycles. The smallest absolute Gasteiger partial charge is 0.123 e. The monoisotopic (exact) mass is 375 g/mol. The Bertz CT molecular complexity index is 832. The second-order valence-electron chi connectivity index (χ2n) is 5.57. The molecule has 25 heavy (non-hydrogen) atoms. The Labute approximate surface area is 156 Å². The second-order valence-corrected chi connectivity index (χ2v) is 6.45. The highest BCUT2D eigenvalue weighted by atomic mass is 35.5. The highest BCUT2D eigenvalue weighted by Crippen LogP contribution is 2.23. The van der Waals surface area contributed by atoms with Gasteiger partial charge in [-0.05, 0) is 53.6 Å². The summed E-state index contributed by atoms with van der Waals surface area (Å²) in [6.45, 7) is 1.01. The van der Waals surface area contributed by atoms with E-state index in [0.29, 0.717) is 23.2 Å². The van der Waals surface area contributed by atoms with Crippen molar-refractivity contribution >= 4 is 28.9 Å². The summed E-state index contributed by atoms with van der Waals surface area (Å²) < 4.78 is 18.7. The maximum Gasteiger partial charge on any atom is 0.123 e. The van der Waals surface area contributed by atoms with E-state index in [-0.39, 0.29) is 5.82 Å². The molecule has 1 N–H and O–H groups in total. The van der Waals surface area contributed by atoms with Crippen molar-refractivity contribution in [3.63, 3.8) is 0 Å². The highest BCUT2D eigenvalue weighted by molar-refractivity contribution is 6.35. The van der Waals surface area contributed by atoms with Crippen molar-refractivity contribution < 1.29 is 9.13 Å². The van der Waals surface area contributed by atoms with Gasteiger partial charge in [0.05, 0.1) is 0 Å². The second kappa shape index (κ2) is 8.24. The third-order valence-electron chi connectivity index (χ3n) is 3.58. The lowest BCUT2D eigenvalue weighted by atomic mass is 10.2. The van der Waals surface area contributed by atoms with Crippen molar-refractivity contribution in [3.8, 4) is 5.75 Å². The molecule has 0 spiro atoms. The molecule has 0 amide bonds. The molecular weight excluding hydrogens is 360 g/mol. The fourth-order valence-corrected chi connectivity index (χ4v) is 2.88. The third-order valence-corrected chi connectivity index (χ3v) is 4.01. The van der Waals surface area contributed by atoms with Crippen molar-refractivity contribution in [2.75, 3.05) is 5.32 Å². The minimum atomic E-state index is -0.252. The molecule has 2 nitrogen and oxygen atoms in total. The van der Waals surface area contributed by atoms with Crippen LogP contribution in [-0.2, 0) is 13.2 Å². The van der Waals surface area contributed by atoms with Crippen molar-refractivity contribution in [1.29, 1.82) is 0 Å². The van der Waals surface area contributed by atoms with Crippen LogP contribution in [0.2, 0.25) is 10.0 Å². The van der Waals surface area contributed by atoms with Gasteiger partial charge in [-0.25, -0.2) is 4.39 Å². The predicted molar refractivity (Wildman–Crippen MR) is 101 cm³/mol. The van der Waals surface area contributed by atoms with Crippen molar-refractivity contribution in [3.05, 3.63) is 93.7 Å². The van der Waals surface area contributed by atoms with E-state index in [4.69, 9.17) is 27.9 Å². The van der Waals surface area contributed by atoms with Crippen LogP contribution in [0.3, 0.4) is 0 Å². The first-order chi connectivity index (χ1) is 12.1. The molecule has 5 heteroatoms. The Morgan fingerprint density at radius 3 is 2.28 bits per heavy atom. The minimum absolute atomic E-state index is 0.252. The molecule has 0 radical (unpaired) electrons. The molecule has 0 aliphatic heterocycles. The first kappa shape index (κ1) is 17.6. The van der Waals surface area contributed by atoms with Gasteiger partial charge in [0, 0.05) is 22.3 Å². The van der Waals surface area contributed by atoms with Gasteiger partial charge in [-0.15, -0.1) is 0 Å². The van der Waals surface area contributed by atoms with Crippen LogP contribution in [-0.4, -0.2) is 0 Å². The minimum Gasteiger partial charge on any atom is -0.489 e. The molecule has 0 aliphatic carbocycles. The van der Waals surface area contributed by atoms with E-state index in [0.717, 1.165) is 22.6 Å². The summed E-state index contributed by atoms with van der Waals surface area (Å²) in [7, 11) is 0. The molecule has 0 unspecified atom stereocenters. The van der Waals surface area contributed by atoms with Gasteiger partial charge < -0.3 is 10.1 Å². The standard InChI is InChI=1S/C20H16Cl2FNO/c21-16-9-17(22)11-19(10-16)24-12-15-2-1-3-20(8-15)25-13-14-4-6-18(23)7-5-14/h1-11,24H,12-13H2. The normalized spacial score (nSPS) is 10.5. The largest absolute Gasteiger partial charge is 0.489 e. The Morgan fingerprint density at radius 1 is 0.840 bits per heavy atom. The molecule has 0 aliphatic rings. The lowest BCUT2D eigenvalue weighted by molar-refractivity contribution is 0.306. The summed E-state index contributed by atoms with van der Waals surface area (Å²) >= 11 is 12.0. The number of rotatable bonds is 6. The van der Waals surface area contributed by atoms with E-state index in [2.05, 4.69) is 5.32 Å².